The Balaban J connectivity index is 1.80. The molecule has 2 aromatic carbocycles. The predicted molar refractivity (Wildman–Crippen MR) is 124 cm³/mol. The van der Waals surface area contributed by atoms with Crippen molar-refractivity contribution >= 4 is 57.1 Å². The molecule has 0 unspecified atom stereocenters. The molecule has 11 heteroatoms. The van der Waals surface area contributed by atoms with Gasteiger partial charge in [0.1, 0.15) is 11.4 Å². The smallest absolute Gasteiger partial charge is 0.287 e. The van der Waals surface area contributed by atoms with E-state index >= 15 is 0 Å². The van der Waals surface area contributed by atoms with Crippen molar-refractivity contribution in [2.75, 3.05) is 0 Å². The second-order valence-electron chi connectivity index (χ2n) is 6.22. The molecule has 1 aromatic heterocycles. The van der Waals surface area contributed by atoms with Crippen LogP contribution in [0.1, 0.15) is 20.8 Å². The van der Waals surface area contributed by atoms with Gasteiger partial charge in [-0.2, -0.15) is 5.10 Å². The first-order valence-corrected chi connectivity index (χ1v) is 10.6. The van der Waals surface area contributed by atoms with E-state index in [0.717, 1.165) is 23.2 Å². The molecule has 3 aromatic rings. The van der Waals surface area contributed by atoms with Crippen molar-refractivity contribution in [3.05, 3.63) is 96.3 Å². The lowest BCUT2D eigenvalue weighted by molar-refractivity contribution is -0.385. The van der Waals surface area contributed by atoms with Crippen molar-refractivity contribution in [3.8, 4) is 5.75 Å². The number of nitrogens with zero attached hydrogens (tertiary/aromatic N) is 2. The third-order valence-electron chi connectivity index (χ3n) is 4.02. The molecule has 1 heterocycles. The van der Waals surface area contributed by atoms with Gasteiger partial charge < -0.3 is 10.4 Å². The Morgan fingerprint density at radius 2 is 1.91 bits per heavy atom. The standard InChI is InChI=1S/C21H15BrN4O5S/c22-17-10-15(26(30)31)9-14(19(17)27)12-23-25-21(29)18(11-16-7-4-8-32-16)24-20(28)13-5-2-1-3-6-13/h1-12,27H,(H,24,28)(H,25,29)/b18-11-,23-12?. The fourth-order valence-corrected chi connectivity index (χ4v) is 3.61. The van der Waals surface area contributed by atoms with Crippen LogP contribution < -0.4 is 10.7 Å². The number of carbonyl (C=O) groups excluding carboxylic acids is 2. The van der Waals surface area contributed by atoms with Gasteiger partial charge in [0.05, 0.1) is 15.6 Å². The minimum absolute atomic E-state index is 0.0171. The van der Waals surface area contributed by atoms with Crippen LogP contribution in [0.4, 0.5) is 5.69 Å². The predicted octanol–water partition coefficient (Wildman–Crippen LogP) is 4.05. The molecule has 0 bridgehead atoms. The number of halogens is 1. The summed E-state index contributed by atoms with van der Waals surface area (Å²) in [4.78, 5) is 36.3. The van der Waals surface area contributed by atoms with Gasteiger partial charge in [-0.25, -0.2) is 5.43 Å². The maximum atomic E-state index is 12.7. The first-order valence-electron chi connectivity index (χ1n) is 8.97. The molecule has 162 valence electrons. The molecule has 9 nitrogen and oxygen atoms in total. The third-order valence-corrected chi connectivity index (χ3v) is 5.44. The summed E-state index contributed by atoms with van der Waals surface area (Å²) >= 11 is 4.40. The molecule has 3 rings (SSSR count). The second kappa shape index (κ2) is 10.5. The largest absolute Gasteiger partial charge is 0.506 e. The average molecular weight is 515 g/mol. The molecular weight excluding hydrogens is 500 g/mol. The van der Waals surface area contributed by atoms with Crippen LogP contribution in [0.5, 0.6) is 5.75 Å². The molecular formula is C21H15BrN4O5S. The number of non-ortho nitro benzene ring substituents is 1. The Morgan fingerprint density at radius 1 is 1.16 bits per heavy atom. The second-order valence-corrected chi connectivity index (χ2v) is 8.05. The molecule has 0 aliphatic heterocycles. The van der Waals surface area contributed by atoms with Gasteiger partial charge in [-0.1, -0.05) is 24.3 Å². The Hall–Kier alpha value is -3.83. The fourth-order valence-electron chi connectivity index (χ4n) is 2.49. The summed E-state index contributed by atoms with van der Waals surface area (Å²) in [7, 11) is 0. The van der Waals surface area contributed by atoms with Crippen LogP contribution >= 0.6 is 27.3 Å². The van der Waals surface area contributed by atoms with E-state index in [-0.39, 0.29) is 27.2 Å². The van der Waals surface area contributed by atoms with E-state index in [0.29, 0.717) is 5.56 Å². The van der Waals surface area contributed by atoms with Gasteiger partial charge in [0.2, 0.25) is 0 Å². The number of thiophene rings is 1. The van der Waals surface area contributed by atoms with Crippen LogP contribution in [0.3, 0.4) is 0 Å². The van der Waals surface area contributed by atoms with E-state index in [9.17, 15) is 24.8 Å². The molecule has 2 amide bonds. The summed E-state index contributed by atoms with van der Waals surface area (Å²) in [6, 6.07) is 14.2. The molecule has 0 radical (unpaired) electrons. The zero-order valence-electron chi connectivity index (χ0n) is 16.2. The van der Waals surface area contributed by atoms with Crippen LogP contribution in [0.2, 0.25) is 0 Å². The van der Waals surface area contributed by atoms with Crippen LogP contribution in [0, 0.1) is 10.1 Å². The van der Waals surface area contributed by atoms with E-state index in [1.807, 2.05) is 5.38 Å². The van der Waals surface area contributed by atoms with E-state index in [2.05, 4.69) is 31.8 Å². The van der Waals surface area contributed by atoms with Crippen LogP contribution in [0.15, 0.2) is 75.2 Å². The molecule has 0 aliphatic carbocycles. The summed E-state index contributed by atoms with van der Waals surface area (Å²) in [6.45, 7) is 0. The Labute approximate surface area is 194 Å². The average Bonchev–Trinajstić information content (AvgIpc) is 3.29. The molecule has 0 spiro atoms. The molecule has 32 heavy (non-hydrogen) atoms. The van der Waals surface area contributed by atoms with E-state index in [4.69, 9.17) is 0 Å². The van der Waals surface area contributed by atoms with Crippen LogP contribution in [-0.2, 0) is 4.79 Å². The number of rotatable bonds is 7. The monoisotopic (exact) mass is 514 g/mol. The minimum Gasteiger partial charge on any atom is -0.506 e. The first kappa shape index (κ1) is 22.8. The normalized spacial score (nSPS) is 11.3. The highest BCUT2D eigenvalue weighted by Gasteiger charge is 2.16. The lowest BCUT2D eigenvalue weighted by Gasteiger charge is -2.09. The highest BCUT2D eigenvalue weighted by atomic mass is 79.9. The number of benzene rings is 2. The topological polar surface area (TPSA) is 134 Å². The van der Waals surface area contributed by atoms with Gasteiger partial charge in [0.25, 0.3) is 17.5 Å². The summed E-state index contributed by atoms with van der Waals surface area (Å²) in [5.41, 5.74) is 2.32. The Morgan fingerprint density at radius 3 is 2.56 bits per heavy atom. The lowest BCUT2D eigenvalue weighted by atomic mass is 10.2. The number of carbonyl (C=O) groups is 2. The molecule has 3 N–H and O–H groups in total. The van der Waals surface area contributed by atoms with Gasteiger partial charge in [0, 0.05) is 28.1 Å². The number of nitro groups is 1. The number of phenolic OH excluding ortho intramolecular Hbond substituents is 1. The highest BCUT2D eigenvalue weighted by Crippen LogP contribution is 2.31. The van der Waals surface area contributed by atoms with Crippen molar-refractivity contribution < 1.29 is 19.6 Å². The summed E-state index contributed by atoms with van der Waals surface area (Å²) in [5, 5.41) is 29.2. The van der Waals surface area contributed by atoms with Gasteiger partial charge in [-0.15, -0.1) is 11.3 Å². The summed E-state index contributed by atoms with van der Waals surface area (Å²) in [5.74, 6) is -1.48. The van der Waals surface area contributed by atoms with Crippen molar-refractivity contribution in [3.63, 3.8) is 0 Å². The van der Waals surface area contributed by atoms with Crippen molar-refractivity contribution in [2.45, 2.75) is 0 Å². The molecule has 0 saturated heterocycles. The minimum atomic E-state index is -0.720. The fraction of sp³-hybridized carbons (Fsp3) is 0. The first-order chi connectivity index (χ1) is 15.3. The number of nitro benzene ring substituents is 1. The number of nitrogens with one attached hydrogen (secondary N) is 2. The molecule has 0 aliphatic rings. The van der Waals surface area contributed by atoms with E-state index in [1.54, 1.807) is 42.5 Å². The van der Waals surface area contributed by atoms with Gasteiger partial charge in [-0.3, -0.25) is 19.7 Å². The SMILES string of the molecule is O=C(NN=Cc1cc([N+](=O)[O-])cc(Br)c1O)/C(=C/c1cccs1)NC(=O)c1ccccc1. The number of aromatic hydroxyl groups is 1. The number of hydrogen-bond acceptors (Lipinski definition) is 7. The zero-order chi connectivity index (χ0) is 23.1. The molecule has 0 atom stereocenters. The number of hydrogen-bond donors (Lipinski definition) is 3. The van der Waals surface area contributed by atoms with Crippen molar-refractivity contribution in [1.29, 1.82) is 0 Å². The van der Waals surface area contributed by atoms with Crippen molar-refractivity contribution in [2.24, 2.45) is 5.10 Å². The maximum Gasteiger partial charge on any atom is 0.287 e. The van der Waals surface area contributed by atoms with Crippen molar-refractivity contribution in [1.82, 2.24) is 10.7 Å². The highest BCUT2D eigenvalue weighted by molar-refractivity contribution is 9.10. The number of phenols is 1. The van der Waals surface area contributed by atoms with Crippen LogP contribution in [0.25, 0.3) is 6.08 Å². The number of hydrazone groups is 1. The summed E-state index contributed by atoms with van der Waals surface area (Å²) in [6.07, 6.45) is 2.56. The Kier molecular flexibility index (Phi) is 7.47. The van der Waals surface area contributed by atoms with Gasteiger partial charge in [0.15, 0.2) is 0 Å². The van der Waals surface area contributed by atoms with Gasteiger partial charge in [-0.05, 0) is 45.6 Å². The van der Waals surface area contributed by atoms with Crippen LogP contribution in [-0.4, -0.2) is 28.1 Å². The van der Waals surface area contributed by atoms with E-state index < -0.39 is 16.7 Å². The van der Waals surface area contributed by atoms with E-state index in [1.165, 1.54) is 17.4 Å². The summed E-state index contributed by atoms with van der Waals surface area (Å²) < 4.78 is 0.105. The Bertz CT molecular complexity index is 1210. The third kappa shape index (κ3) is 5.86. The maximum absolute atomic E-state index is 12.7. The molecule has 0 fully saturated rings. The molecule has 0 saturated carbocycles. The van der Waals surface area contributed by atoms with Gasteiger partial charge >= 0.3 is 0 Å². The zero-order valence-corrected chi connectivity index (χ0v) is 18.6. The lowest BCUT2D eigenvalue weighted by Crippen LogP contribution is -2.32. The quantitative estimate of drug-likeness (QED) is 0.189. The number of amides is 2.